The van der Waals surface area contributed by atoms with E-state index in [0.29, 0.717) is 18.9 Å². The van der Waals surface area contributed by atoms with E-state index in [0.717, 1.165) is 38.9 Å². The summed E-state index contributed by atoms with van der Waals surface area (Å²) < 4.78 is 5.31. The molecule has 0 saturated carbocycles. The number of carbonyl (C=O) groups is 2. The fourth-order valence-corrected chi connectivity index (χ4v) is 2.59. The zero-order valence-corrected chi connectivity index (χ0v) is 12.6. The number of hydrogen-bond donors (Lipinski definition) is 1. The van der Waals surface area contributed by atoms with Crippen molar-refractivity contribution in [2.75, 3.05) is 26.3 Å². The van der Waals surface area contributed by atoms with Crippen LogP contribution in [-0.4, -0.2) is 48.2 Å². The van der Waals surface area contributed by atoms with Gasteiger partial charge in [-0.1, -0.05) is 13.8 Å². The molecule has 1 heterocycles. The molecule has 0 aromatic rings. The van der Waals surface area contributed by atoms with Gasteiger partial charge >= 0.3 is 5.97 Å². The Kier molecular flexibility index (Phi) is 7.59. The Balaban J connectivity index is 2.30. The minimum Gasteiger partial charge on any atom is -0.480 e. The van der Waals surface area contributed by atoms with E-state index in [2.05, 4.69) is 0 Å². The topological polar surface area (TPSA) is 66.8 Å². The molecule has 0 aromatic carbocycles. The van der Waals surface area contributed by atoms with Crippen LogP contribution in [0, 0.1) is 11.8 Å². The minimum atomic E-state index is -0.941. The highest BCUT2D eigenvalue weighted by atomic mass is 16.5. The van der Waals surface area contributed by atoms with Gasteiger partial charge in [0.1, 0.15) is 6.54 Å². The SMILES string of the molecule is CC(C)CN(CC(=O)O)C(=O)CCCC1CCOCC1. The maximum atomic E-state index is 12.1. The van der Waals surface area contributed by atoms with E-state index >= 15 is 0 Å². The van der Waals surface area contributed by atoms with Crippen LogP contribution in [0.5, 0.6) is 0 Å². The molecule has 20 heavy (non-hydrogen) atoms. The molecule has 5 heteroatoms. The molecule has 1 aliphatic heterocycles. The summed E-state index contributed by atoms with van der Waals surface area (Å²) in [6.07, 6.45) is 4.50. The predicted molar refractivity (Wildman–Crippen MR) is 76.4 cm³/mol. The van der Waals surface area contributed by atoms with E-state index < -0.39 is 5.97 Å². The lowest BCUT2D eigenvalue weighted by Gasteiger charge is -2.24. The molecule has 116 valence electrons. The molecule has 1 rings (SSSR count). The van der Waals surface area contributed by atoms with E-state index in [-0.39, 0.29) is 18.4 Å². The van der Waals surface area contributed by atoms with Crippen LogP contribution in [-0.2, 0) is 14.3 Å². The molecule has 5 nitrogen and oxygen atoms in total. The second-order valence-electron chi connectivity index (χ2n) is 6.01. The average molecular weight is 285 g/mol. The van der Waals surface area contributed by atoms with E-state index in [9.17, 15) is 9.59 Å². The maximum absolute atomic E-state index is 12.1. The van der Waals surface area contributed by atoms with Crippen molar-refractivity contribution < 1.29 is 19.4 Å². The second-order valence-corrected chi connectivity index (χ2v) is 6.01. The smallest absolute Gasteiger partial charge is 0.323 e. The van der Waals surface area contributed by atoms with Crippen LogP contribution in [0.2, 0.25) is 0 Å². The van der Waals surface area contributed by atoms with Gasteiger partial charge in [-0.05, 0) is 37.5 Å². The molecule has 1 aliphatic rings. The van der Waals surface area contributed by atoms with Gasteiger partial charge in [0.15, 0.2) is 0 Å². The van der Waals surface area contributed by atoms with Crippen LogP contribution in [0.25, 0.3) is 0 Å². The largest absolute Gasteiger partial charge is 0.480 e. The van der Waals surface area contributed by atoms with E-state index in [1.165, 1.54) is 4.90 Å². The first-order chi connectivity index (χ1) is 9.49. The molecular weight excluding hydrogens is 258 g/mol. The molecule has 0 spiro atoms. The zero-order chi connectivity index (χ0) is 15.0. The lowest BCUT2D eigenvalue weighted by atomic mass is 9.94. The Morgan fingerprint density at radius 1 is 1.30 bits per heavy atom. The molecule has 0 unspecified atom stereocenters. The monoisotopic (exact) mass is 285 g/mol. The van der Waals surface area contributed by atoms with Crippen molar-refractivity contribution in [3.05, 3.63) is 0 Å². The maximum Gasteiger partial charge on any atom is 0.323 e. The number of nitrogens with zero attached hydrogens (tertiary/aromatic N) is 1. The highest BCUT2D eigenvalue weighted by Crippen LogP contribution is 2.21. The number of carbonyl (C=O) groups excluding carboxylic acids is 1. The summed E-state index contributed by atoms with van der Waals surface area (Å²) in [6, 6.07) is 0. The highest BCUT2D eigenvalue weighted by Gasteiger charge is 2.19. The van der Waals surface area contributed by atoms with Crippen LogP contribution in [0.3, 0.4) is 0 Å². The molecule has 1 amide bonds. The third kappa shape index (κ3) is 6.89. The van der Waals surface area contributed by atoms with Gasteiger partial charge in [0.25, 0.3) is 0 Å². The number of rotatable bonds is 8. The van der Waals surface area contributed by atoms with Gasteiger partial charge < -0.3 is 14.7 Å². The molecule has 1 fully saturated rings. The molecule has 1 saturated heterocycles. The quantitative estimate of drug-likeness (QED) is 0.742. The average Bonchev–Trinajstić information content (AvgIpc) is 2.38. The Labute approximate surface area is 121 Å². The summed E-state index contributed by atoms with van der Waals surface area (Å²) in [5, 5.41) is 8.87. The van der Waals surface area contributed by atoms with Crippen molar-refractivity contribution in [3.8, 4) is 0 Å². The van der Waals surface area contributed by atoms with E-state index in [1.807, 2.05) is 13.8 Å². The zero-order valence-electron chi connectivity index (χ0n) is 12.6. The summed E-state index contributed by atoms with van der Waals surface area (Å²) in [5.74, 6) is -0.0278. The number of carboxylic acids is 1. The molecule has 0 aliphatic carbocycles. The van der Waals surface area contributed by atoms with Gasteiger partial charge in [0.2, 0.25) is 5.91 Å². The van der Waals surface area contributed by atoms with Crippen molar-refractivity contribution in [2.45, 2.75) is 46.0 Å². The molecular formula is C15H27NO4. The lowest BCUT2D eigenvalue weighted by Crippen LogP contribution is -2.38. The van der Waals surface area contributed by atoms with Gasteiger partial charge in [-0.25, -0.2) is 0 Å². The summed E-state index contributed by atoms with van der Waals surface area (Å²) >= 11 is 0. The van der Waals surface area contributed by atoms with Crippen LogP contribution in [0.15, 0.2) is 0 Å². The summed E-state index contributed by atoms with van der Waals surface area (Å²) in [5.41, 5.74) is 0. The first-order valence-electron chi connectivity index (χ1n) is 7.56. The molecule has 1 N–H and O–H groups in total. The number of aliphatic carboxylic acids is 1. The highest BCUT2D eigenvalue weighted by molar-refractivity contribution is 5.81. The molecule has 0 atom stereocenters. The van der Waals surface area contributed by atoms with Gasteiger partial charge in [0.05, 0.1) is 0 Å². The van der Waals surface area contributed by atoms with Crippen molar-refractivity contribution in [2.24, 2.45) is 11.8 Å². The first-order valence-corrected chi connectivity index (χ1v) is 7.56. The van der Waals surface area contributed by atoms with Crippen LogP contribution in [0.4, 0.5) is 0 Å². The van der Waals surface area contributed by atoms with Crippen LogP contribution >= 0.6 is 0 Å². The normalized spacial score (nSPS) is 16.4. The van der Waals surface area contributed by atoms with Gasteiger partial charge in [-0.3, -0.25) is 9.59 Å². The van der Waals surface area contributed by atoms with Crippen molar-refractivity contribution >= 4 is 11.9 Å². The Hall–Kier alpha value is -1.10. The summed E-state index contributed by atoms with van der Waals surface area (Å²) in [7, 11) is 0. The van der Waals surface area contributed by atoms with Crippen molar-refractivity contribution in [1.82, 2.24) is 4.90 Å². The van der Waals surface area contributed by atoms with E-state index in [1.54, 1.807) is 0 Å². The van der Waals surface area contributed by atoms with Crippen LogP contribution < -0.4 is 0 Å². The van der Waals surface area contributed by atoms with Crippen molar-refractivity contribution in [1.29, 1.82) is 0 Å². The van der Waals surface area contributed by atoms with Gasteiger partial charge in [0, 0.05) is 26.2 Å². The fraction of sp³-hybridized carbons (Fsp3) is 0.867. The summed E-state index contributed by atoms with van der Waals surface area (Å²) in [6.45, 7) is 5.97. The predicted octanol–water partition coefficient (Wildman–Crippen LogP) is 2.15. The Bertz CT molecular complexity index is 311. The molecule has 0 aromatic heterocycles. The lowest BCUT2D eigenvalue weighted by molar-refractivity contribution is -0.144. The van der Waals surface area contributed by atoms with Gasteiger partial charge in [-0.15, -0.1) is 0 Å². The fourth-order valence-electron chi connectivity index (χ4n) is 2.59. The van der Waals surface area contributed by atoms with E-state index in [4.69, 9.17) is 9.84 Å². The standard InChI is InChI=1S/C15H27NO4/c1-12(2)10-16(11-15(18)19)14(17)5-3-4-13-6-8-20-9-7-13/h12-13H,3-11H2,1-2H3,(H,18,19). The number of hydrogen-bond acceptors (Lipinski definition) is 3. The third-order valence-electron chi connectivity index (χ3n) is 3.61. The molecule has 0 bridgehead atoms. The third-order valence-corrected chi connectivity index (χ3v) is 3.61. The molecule has 0 radical (unpaired) electrons. The summed E-state index contributed by atoms with van der Waals surface area (Å²) in [4.78, 5) is 24.4. The van der Waals surface area contributed by atoms with Crippen molar-refractivity contribution in [3.63, 3.8) is 0 Å². The van der Waals surface area contributed by atoms with Crippen LogP contribution in [0.1, 0.15) is 46.0 Å². The number of carboxylic acid groups (broad SMARTS) is 1. The Morgan fingerprint density at radius 3 is 2.50 bits per heavy atom. The number of amides is 1. The first kappa shape index (κ1) is 17.0. The number of ether oxygens (including phenoxy) is 1. The Morgan fingerprint density at radius 2 is 1.95 bits per heavy atom. The van der Waals surface area contributed by atoms with Gasteiger partial charge in [-0.2, -0.15) is 0 Å². The second kappa shape index (κ2) is 8.95. The minimum absolute atomic E-state index is 0.0341.